The van der Waals surface area contributed by atoms with E-state index in [2.05, 4.69) is 0 Å². The van der Waals surface area contributed by atoms with Crippen LogP contribution >= 0.6 is 11.6 Å². The van der Waals surface area contributed by atoms with Crippen LogP contribution in [0.25, 0.3) is 0 Å². The number of hydrogen-bond donors (Lipinski definition) is 0. The highest BCUT2D eigenvalue weighted by atomic mass is 35.5. The van der Waals surface area contributed by atoms with Crippen LogP contribution in [0.1, 0.15) is 28.9 Å². The normalized spacial score (nSPS) is 12.9. The van der Waals surface area contributed by atoms with E-state index in [4.69, 9.17) is 16.3 Å². The fourth-order valence-electron chi connectivity index (χ4n) is 2.00. The molecule has 5 nitrogen and oxygen atoms in total. The standard InChI is InChI=1S/C17H18ClNO4S/c1-12(13-4-8-15(18)9-5-13)23-17(20)14-6-10-16(11-7-14)24(21,22)19(2)3/h4-12H,1-3H3/t12-/m0/s1. The first-order chi connectivity index (χ1) is 11.2. The van der Waals surface area contributed by atoms with E-state index in [-0.39, 0.29) is 10.5 Å². The number of hydrogen-bond acceptors (Lipinski definition) is 4. The van der Waals surface area contributed by atoms with E-state index in [1.54, 1.807) is 31.2 Å². The van der Waals surface area contributed by atoms with Gasteiger partial charge < -0.3 is 4.74 Å². The van der Waals surface area contributed by atoms with Crippen molar-refractivity contribution in [3.8, 4) is 0 Å². The summed E-state index contributed by atoms with van der Waals surface area (Å²) in [6.45, 7) is 1.76. The average molecular weight is 368 g/mol. The molecule has 0 aromatic heterocycles. The van der Waals surface area contributed by atoms with Crippen molar-refractivity contribution in [2.24, 2.45) is 0 Å². The number of ether oxygens (including phenoxy) is 1. The number of carbonyl (C=O) groups excluding carboxylic acids is 1. The first kappa shape index (κ1) is 18.4. The van der Waals surface area contributed by atoms with Crippen molar-refractivity contribution in [3.63, 3.8) is 0 Å². The molecule has 0 fully saturated rings. The summed E-state index contributed by atoms with van der Waals surface area (Å²) in [6.07, 6.45) is -0.444. The summed E-state index contributed by atoms with van der Waals surface area (Å²) >= 11 is 5.83. The second-order valence-electron chi connectivity index (χ2n) is 5.41. The van der Waals surface area contributed by atoms with Crippen molar-refractivity contribution in [2.45, 2.75) is 17.9 Å². The number of sulfonamides is 1. The summed E-state index contributed by atoms with van der Waals surface area (Å²) in [5, 5.41) is 0.606. The molecule has 0 heterocycles. The van der Waals surface area contributed by atoms with Gasteiger partial charge in [-0.25, -0.2) is 17.5 Å². The van der Waals surface area contributed by atoms with E-state index in [1.165, 1.54) is 38.4 Å². The Bertz CT molecular complexity index is 815. The molecular weight excluding hydrogens is 350 g/mol. The third-order valence-corrected chi connectivity index (χ3v) is 5.57. The summed E-state index contributed by atoms with van der Waals surface area (Å²) in [7, 11) is -0.621. The molecule has 2 rings (SSSR count). The molecule has 2 aromatic rings. The van der Waals surface area contributed by atoms with Crippen molar-refractivity contribution in [1.29, 1.82) is 0 Å². The molecule has 128 valence electrons. The largest absolute Gasteiger partial charge is 0.454 e. The number of nitrogens with zero attached hydrogens (tertiary/aromatic N) is 1. The third-order valence-electron chi connectivity index (χ3n) is 3.49. The van der Waals surface area contributed by atoms with Gasteiger partial charge in [-0.2, -0.15) is 0 Å². The van der Waals surface area contributed by atoms with Crippen LogP contribution in [0.5, 0.6) is 0 Å². The zero-order valence-electron chi connectivity index (χ0n) is 13.6. The van der Waals surface area contributed by atoms with Crippen molar-refractivity contribution in [2.75, 3.05) is 14.1 Å². The molecule has 0 aliphatic heterocycles. The fourth-order valence-corrected chi connectivity index (χ4v) is 3.03. The number of carbonyl (C=O) groups is 1. The lowest BCUT2D eigenvalue weighted by Gasteiger charge is -2.14. The van der Waals surface area contributed by atoms with Gasteiger partial charge in [-0.1, -0.05) is 23.7 Å². The second kappa shape index (κ2) is 7.34. The Hall–Kier alpha value is -1.89. The fraction of sp³-hybridized carbons (Fsp3) is 0.235. The quantitative estimate of drug-likeness (QED) is 0.758. The maximum atomic E-state index is 12.2. The van der Waals surface area contributed by atoms with Crippen molar-refractivity contribution in [3.05, 3.63) is 64.7 Å². The Morgan fingerprint density at radius 1 is 1.04 bits per heavy atom. The Balaban J connectivity index is 2.11. The van der Waals surface area contributed by atoms with E-state index < -0.39 is 22.1 Å². The molecule has 0 bridgehead atoms. The molecule has 0 saturated carbocycles. The van der Waals surface area contributed by atoms with E-state index in [0.717, 1.165) is 9.87 Å². The zero-order chi connectivity index (χ0) is 17.9. The Morgan fingerprint density at radius 3 is 2.08 bits per heavy atom. The molecule has 0 aliphatic carbocycles. The lowest BCUT2D eigenvalue weighted by molar-refractivity contribution is 0.0338. The Labute approximate surface area is 146 Å². The van der Waals surface area contributed by atoms with Gasteiger partial charge in [-0.05, 0) is 48.9 Å². The van der Waals surface area contributed by atoms with Gasteiger partial charge in [0.25, 0.3) is 0 Å². The molecule has 2 aromatic carbocycles. The van der Waals surface area contributed by atoms with Gasteiger partial charge in [0.1, 0.15) is 6.10 Å². The molecule has 24 heavy (non-hydrogen) atoms. The zero-order valence-corrected chi connectivity index (χ0v) is 15.1. The molecule has 0 N–H and O–H groups in total. The second-order valence-corrected chi connectivity index (χ2v) is 8.00. The summed E-state index contributed by atoms with van der Waals surface area (Å²) in [5.74, 6) is -0.522. The highest BCUT2D eigenvalue weighted by Gasteiger charge is 2.19. The van der Waals surface area contributed by atoms with Gasteiger partial charge in [0.05, 0.1) is 10.5 Å². The van der Waals surface area contributed by atoms with Crippen LogP contribution < -0.4 is 0 Å². The number of benzene rings is 2. The highest BCUT2D eigenvalue weighted by Crippen LogP contribution is 2.21. The summed E-state index contributed by atoms with van der Waals surface area (Å²) in [4.78, 5) is 12.3. The minimum atomic E-state index is -3.52. The number of halogens is 1. The molecule has 1 atom stereocenters. The minimum absolute atomic E-state index is 0.120. The maximum absolute atomic E-state index is 12.2. The predicted molar refractivity (Wildman–Crippen MR) is 92.6 cm³/mol. The number of esters is 1. The van der Waals surface area contributed by atoms with Crippen molar-refractivity contribution < 1.29 is 17.9 Å². The molecule has 0 spiro atoms. The third kappa shape index (κ3) is 4.14. The summed E-state index contributed by atoms with van der Waals surface area (Å²) in [5.41, 5.74) is 1.10. The minimum Gasteiger partial charge on any atom is -0.454 e. The van der Waals surface area contributed by atoms with Crippen LogP contribution in [-0.2, 0) is 14.8 Å². The van der Waals surface area contributed by atoms with Crippen LogP contribution in [0, 0.1) is 0 Å². The maximum Gasteiger partial charge on any atom is 0.338 e. The van der Waals surface area contributed by atoms with Crippen LogP contribution in [0.2, 0.25) is 5.02 Å². The number of rotatable bonds is 5. The molecule has 0 saturated heterocycles. The summed E-state index contributed by atoms with van der Waals surface area (Å²) in [6, 6.07) is 12.7. The van der Waals surface area contributed by atoms with Crippen molar-refractivity contribution in [1.82, 2.24) is 4.31 Å². The Kier molecular flexibility index (Phi) is 5.64. The van der Waals surface area contributed by atoms with Gasteiger partial charge in [0.15, 0.2) is 0 Å². The molecular formula is C17H18ClNO4S. The molecule has 0 aliphatic rings. The topological polar surface area (TPSA) is 63.7 Å². The van der Waals surface area contributed by atoms with Gasteiger partial charge in [-0.3, -0.25) is 0 Å². The van der Waals surface area contributed by atoms with Crippen LogP contribution in [0.3, 0.4) is 0 Å². The highest BCUT2D eigenvalue weighted by molar-refractivity contribution is 7.89. The summed E-state index contributed by atoms with van der Waals surface area (Å²) < 4.78 is 30.5. The smallest absolute Gasteiger partial charge is 0.338 e. The van der Waals surface area contributed by atoms with Gasteiger partial charge in [-0.15, -0.1) is 0 Å². The lowest BCUT2D eigenvalue weighted by atomic mass is 10.1. The van der Waals surface area contributed by atoms with Gasteiger partial charge in [0, 0.05) is 19.1 Å². The first-order valence-electron chi connectivity index (χ1n) is 7.21. The van der Waals surface area contributed by atoms with Gasteiger partial charge >= 0.3 is 5.97 Å². The van der Waals surface area contributed by atoms with Crippen molar-refractivity contribution >= 4 is 27.6 Å². The van der Waals surface area contributed by atoms with Crippen LogP contribution in [0.4, 0.5) is 0 Å². The first-order valence-corrected chi connectivity index (χ1v) is 9.02. The predicted octanol–water partition coefficient (Wildman–Crippen LogP) is 3.51. The van der Waals surface area contributed by atoms with E-state index in [9.17, 15) is 13.2 Å². The Morgan fingerprint density at radius 2 is 1.58 bits per heavy atom. The monoisotopic (exact) mass is 367 g/mol. The molecule has 0 radical (unpaired) electrons. The SMILES string of the molecule is C[C@H](OC(=O)c1ccc(S(=O)(=O)N(C)C)cc1)c1ccc(Cl)cc1. The molecule has 7 heteroatoms. The molecule has 0 unspecified atom stereocenters. The van der Waals surface area contributed by atoms with E-state index in [0.29, 0.717) is 5.02 Å². The van der Waals surface area contributed by atoms with E-state index >= 15 is 0 Å². The lowest BCUT2D eigenvalue weighted by Crippen LogP contribution is -2.22. The van der Waals surface area contributed by atoms with Crippen LogP contribution in [0.15, 0.2) is 53.4 Å². The average Bonchev–Trinajstić information content (AvgIpc) is 2.55. The van der Waals surface area contributed by atoms with Gasteiger partial charge in [0.2, 0.25) is 10.0 Å². The van der Waals surface area contributed by atoms with E-state index in [1.807, 2.05) is 0 Å². The van der Waals surface area contributed by atoms with Crippen LogP contribution in [-0.4, -0.2) is 32.8 Å². The molecule has 0 amide bonds.